The molecule has 0 aromatic heterocycles. The summed E-state index contributed by atoms with van der Waals surface area (Å²) in [5.41, 5.74) is 6.63. The zero-order chi connectivity index (χ0) is 14.3. The zero-order valence-corrected chi connectivity index (χ0v) is 12.3. The molecule has 0 bridgehead atoms. The molecule has 106 valence electrons. The van der Waals surface area contributed by atoms with Gasteiger partial charge >= 0.3 is 0 Å². The van der Waals surface area contributed by atoms with Crippen molar-refractivity contribution in [2.24, 2.45) is 10.9 Å². The molecule has 1 atom stereocenters. The number of hydrogen-bond acceptors (Lipinski definition) is 5. The number of nitrogens with two attached hydrogens (primary N) is 1. The summed E-state index contributed by atoms with van der Waals surface area (Å²) >= 11 is 1.48. The molecule has 0 saturated carbocycles. The summed E-state index contributed by atoms with van der Waals surface area (Å²) in [6, 6.07) is 9.46. The Morgan fingerprint density at radius 3 is 2.58 bits per heavy atom. The maximum Gasteiger partial charge on any atom is 0.148 e. The molecule has 0 aliphatic rings. The fraction of sp³-hybridized carbons (Fsp3) is 0.417. The van der Waals surface area contributed by atoms with Crippen LogP contribution in [0, 0.1) is 0 Å². The Balaban J connectivity index is 2.63. The van der Waals surface area contributed by atoms with E-state index in [1.165, 1.54) is 18.0 Å². The van der Waals surface area contributed by atoms with Gasteiger partial charge in [-0.25, -0.2) is 8.42 Å². The van der Waals surface area contributed by atoms with Gasteiger partial charge in [-0.05, 0) is 5.56 Å². The highest BCUT2D eigenvalue weighted by Gasteiger charge is 2.16. The van der Waals surface area contributed by atoms with Crippen LogP contribution in [0.15, 0.2) is 35.5 Å². The Hall–Kier alpha value is -1.21. The molecule has 7 heteroatoms. The summed E-state index contributed by atoms with van der Waals surface area (Å²) < 4.78 is 22.1. The Bertz CT molecular complexity index is 515. The summed E-state index contributed by atoms with van der Waals surface area (Å²) in [5, 5.41) is 11.9. The van der Waals surface area contributed by atoms with Crippen molar-refractivity contribution in [3.8, 4) is 0 Å². The molecule has 0 aliphatic heterocycles. The third-order valence-electron chi connectivity index (χ3n) is 2.56. The second kappa shape index (κ2) is 7.40. The van der Waals surface area contributed by atoms with Gasteiger partial charge in [-0.3, -0.25) is 0 Å². The third kappa shape index (κ3) is 5.98. The minimum atomic E-state index is -2.94. The number of amidine groups is 1. The van der Waals surface area contributed by atoms with Crippen molar-refractivity contribution in [3.63, 3.8) is 0 Å². The second-order valence-electron chi connectivity index (χ2n) is 4.19. The maximum atomic E-state index is 11.0. The van der Waals surface area contributed by atoms with Gasteiger partial charge in [0.2, 0.25) is 0 Å². The maximum absolute atomic E-state index is 11.0. The number of hydrogen-bond donors (Lipinski definition) is 2. The topological polar surface area (TPSA) is 92.8 Å². The van der Waals surface area contributed by atoms with Crippen LogP contribution in [0.3, 0.4) is 0 Å². The van der Waals surface area contributed by atoms with Crippen LogP contribution in [0.4, 0.5) is 0 Å². The first-order chi connectivity index (χ1) is 8.94. The van der Waals surface area contributed by atoms with E-state index in [0.717, 1.165) is 5.56 Å². The van der Waals surface area contributed by atoms with Crippen LogP contribution in [0.25, 0.3) is 0 Å². The number of rotatable bonds is 7. The fourth-order valence-electron chi connectivity index (χ4n) is 1.52. The first-order valence-corrected chi connectivity index (χ1v) is 8.93. The van der Waals surface area contributed by atoms with E-state index in [0.29, 0.717) is 11.5 Å². The molecule has 0 spiro atoms. The van der Waals surface area contributed by atoms with Crippen LogP contribution in [-0.2, 0) is 9.84 Å². The smallest absolute Gasteiger partial charge is 0.148 e. The SMILES string of the molecule is CS(=O)(=O)CCSCC(C(N)=NO)c1ccccc1. The average molecular weight is 302 g/mol. The standard InChI is InChI=1S/C12H18N2O3S2/c1-19(16,17)8-7-18-9-11(12(13)14-15)10-5-3-2-4-6-10/h2-6,11,15H,7-9H2,1H3,(H2,13,14). The lowest BCUT2D eigenvalue weighted by Crippen LogP contribution is -2.24. The number of sulfone groups is 1. The van der Waals surface area contributed by atoms with Crippen molar-refractivity contribution in [2.75, 3.05) is 23.5 Å². The predicted molar refractivity (Wildman–Crippen MR) is 79.6 cm³/mol. The number of benzene rings is 1. The van der Waals surface area contributed by atoms with Crippen molar-refractivity contribution < 1.29 is 13.6 Å². The number of oxime groups is 1. The molecule has 0 amide bonds. The molecule has 1 aromatic carbocycles. The first-order valence-electron chi connectivity index (χ1n) is 5.72. The molecule has 1 aromatic rings. The lowest BCUT2D eigenvalue weighted by Gasteiger charge is -2.15. The molecule has 3 N–H and O–H groups in total. The molecule has 0 aliphatic carbocycles. The van der Waals surface area contributed by atoms with E-state index in [1.54, 1.807) is 0 Å². The normalized spacial score (nSPS) is 14.3. The summed E-state index contributed by atoms with van der Waals surface area (Å²) in [6.07, 6.45) is 1.21. The van der Waals surface area contributed by atoms with E-state index < -0.39 is 9.84 Å². The average Bonchev–Trinajstić information content (AvgIpc) is 2.38. The molecule has 0 radical (unpaired) electrons. The molecule has 0 saturated heterocycles. The monoisotopic (exact) mass is 302 g/mol. The van der Waals surface area contributed by atoms with Gasteiger partial charge < -0.3 is 10.9 Å². The van der Waals surface area contributed by atoms with Crippen molar-refractivity contribution in [2.45, 2.75) is 5.92 Å². The molecular formula is C12H18N2O3S2. The van der Waals surface area contributed by atoms with Crippen molar-refractivity contribution in [3.05, 3.63) is 35.9 Å². The highest BCUT2D eigenvalue weighted by Crippen LogP contribution is 2.21. The van der Waals surface area contributed by atoms with Crippen LogP contribution in [0.2, 0.25) is 0 Å². The Morgan fingerprint density at radius 2 is 2.05 bits per heavy atom. The summed E-state index contributed by atoms with van der Waals surface area (Å²) in [5.74, 6) is 1.14. The van der Waals surface area contributed by atoms with Crippen LogP contribution >= 0.6 is 11.8 Å². The first kappa shape index (κ1) is 15.8. The van der Waals surface area contributed by atoms with Gasteiger partial charge in [0.15, 0.2) is 0 Å². The zero-order valence-electron chi connectivity index (χ0n) is 10.7. The van der Waals surface area contributed by atoms with Gasteiger partial charge in [-0.2, -0.15) is 11.8 Å². The van der Waals surface area contributed by atoms with Gasteiger partial charge in [0.25, 0.3) is 0 Å². The van der Waals surface area contributed by atoms with Crippen LogP contribution in [0.1, 0.15) is 11.5 Å². The quantitative estimate of drug-likeness (QED) is 0.260. The molecule has 0 fully saturated rings. The molecular weight excluding hydrogens is 284 g/mol. The minimum absolute atomic E-state index is 0.134. The number of nitrogens with zero attached hydrogens (tertiary/aromatic N) is 1. The highest BCUT2D eigenvalue weighted by molar-refractivity contribution is 8.00. The molecule has 5 nitrogen and oxygen atoms in total. The third-order valence-corrected chi connectivity index (χ3v) is 4.82. The van der Waals surface area contributed by atoms with Crippen molar-refractivity contribution >= 4 is 27.4 Å². The Morgan fingerprint density at radius 1 is 1.42 bits per heavy atom. The highest BCUT2D eigenvalue weighted by atomic mass is 32.2. The van der Waals surface area contributed by atoms with E-state index in [4.69, 9.17) is 10.9 Å². The Kier molecular flexibility index (Phi) is 6.17. The van der Waals surface area contributed by atoms with E-state index >= 15 is 0 Å². The lowest BCUT2D eigenvalue weighted by atomic mass is 10.0. The molecule has 1 rings (SSSR count). The minimum Gasteiger partial charge on any atom is -0.409 e. The molecule has 0 heterocycles. The summed E-state index contributed by atoms with van der Waals surface area (Å²) in [4.78, 5) is 0. The van der Waals surface area contributed by atoms with E-state index in [9.17, 15) is 8.42 Å². The van der Waals surface area contributed by atoms with Gasteiger partial charge in [0, 0.05) is 17.8 Å². The van der Waals surface area contributed by atoms with Gasteiger partial charge in [0.05, 0.1) is 11.7 Å². The fourth-order valence-corrected chi connectivity index (χ4v) is 3.97. The summed E-state index contributed by atoms with van der Waals surface area (Å²) in [7, 11) is -2.94. The van der Waals surface area contributed by atoms with E-state index in [2.05, 4.69) is 5.16 Å². The largest absolute Gasteiger partial charge is 0.409 e. The van der Waals surface area contributed by atoms with E-state index in [1.807, 2.05) is 30.3 Å². The van der Waals surface area contributed by atoms with Crippen LogP contribution < -0.4 is 5.73 Å². The number of thioether (sulfide) groups is 1. The summed E-state index contributed by atoms with van der Waals surface area (Å²) in [6.45, 7) is 0. The predicted octanol–water partition coefficient (Wildman–Crippen LogP) is 1.29. The van der Waals surface area contributed by atoms with Gasteiger partial charge in [-0.1, -0.05) is 35.5 Å². The van der Waals surface area contributed by atoms with Crippen LogP contribution in [-0.4, -0.2) is 43.0 Å². The lowest BCUT2D eigenvalue weighted by molar-refractivity contribution is 0.316. The van der Waals surface area contributed by atoms with Gasteiger partial charge in [0.1, 0.15) is 15.7 Å². The van der Waals surface area contributed by atoms with Gasteiger partial charge in [-0.15, -0.1) is 0 Å². The van der Waals surface area contributed by atoms with Crippen LogP contribution in [0.5, 0.6) is 0 Å². The van der Waals surface area contributed by atoms with Crippen molar-refractivity contribution in [1.82, 2.24) is 0 Å². The molecule has 19 heavy (non-hydrogen) atoms. The van der Waals surface area contributed by atoms with E-state index in [-0.39, 0.29) is 17.5 Å². The van der Waals surface area contributed by atoms with Crippen molar-refractivity contribution in [1.29, 1.82) is 0 Å². The Labute approximate surface area is 117 Å². The second-order valence-corrected chi connectivity index (χ2v) is 7.60. The molecule has 1 unspecified atom stereocenters.